The van der Waals surface area contributed by atoms with Crippen molar-refractivity contribution in [3.8, 4) is 5.75 Å². The van der Waals surface area contributed by atoms with E-state index in [0.29, 0.717) is 0 Å². The second-order valence-corrected chi connectivity index (χ2v) is 3.61. The molecular formula is C7H7F3N2OS. The van der Waals surface area contributed by atoms with Crippen molar-refractivity contribution < 1.29 is 18.3 Å². The van der Waals surface area contributed by atoms with Crippen LogP contribution in [0.5, 0.6) is 5.75 Å². The monoisotopic (exact) mass is 224 g/mol. The average Bonchev–Trinajstić information content (AvgIpc) is 1.96. The van der Waals surface area contributed by atoms with Crippen LogP contribution in [0.3, 0.4) is 0 Å². The van der Waals surface area contributed by atoms with Crippen LogP contribution < -0.4 is 0 Å². The lowest BCUT2D eigenvalue weighted by Crippen LogP contribution is -2.03. The Morgan fingerprint density at radius 3 is 1.93 bits per heavy atom. The lowest BCUT2D eigenvalue weighted by Gasteiger charge is -2.07. The van der Waals surface area contributed by atoms with Gasteiger partial charge in [0.2, 0.25) is 0 Å². The predicted molar refractivity (Wildman–Crippen MR) is 45.1 cm³/mol. The Labute approximate surface area is 82.4 Å². The molecule has 1 N–H and O–H groups in total. The Morgan fingerprint density at radius 2 is 1.57 bits per heavy atom. The fourth-order valence-electron chi connectivity index (χ4n) is 0.829. The highest BCUT2D eigenvalue weighted by Crippen LogP contribution is 2.35. The molecule has 7 heteroatoms. The van der Waals surface area contributed by atoms with Gasteiger partial charge >= 0.3 is 5.51 Å². The fourth-order valence-corrected chi connectivity index (χ4v) is 1.40. The number of halogens is 3. The minimum absolute atomic E-state index is 0.143. The average molecular weight is 224 g/mol. The highest BCUT2D eigenvalue weighted by Gasteiger charge is 2.31. The van der Waals surface area contributed by atoms with E-state index in [0.717, 1.165) is 0 Å². The van der Waals surface area contributed by atoms with Crippen molar-refractivity contribution in [3.63, 3.8) is 0 Å². The maximum absolute atomic E-state index is 11.9. The van der Waals surface area contributed by atoms with Gasteiger partial charge in [0.1, 0.15) is 0 Å². The van der Waals surface area contributed by atoms with Crippen LogP contribution in [0.25, 0.3) is 0 Å². The van der Waals surface area contributed by atoms with Crippen molar-refractivity contribution in [2.75, 3.05) is 0 Å². The lowest BCUT2D eigenvalue weighted by atomic mass is 10.3. The van der Waals surface area contributed by atoms with Crippen molar-refractivity contribution in [1.29, 1.82) is 0 Å². The van der Waals surface area contributed by atoms with Crippen LogP contribution in [0.4, 0.5) is 13.2 Å². The molecule has 0 bridgehead atoms. The van der Waals surface area contributed by atoms with Gasteiger partial charge in [0.25, 0.3) is 0 Å². The Balaban J connectivity index is 3.02. The second-order valence-electron chi connectivity index (χ2n) is 2.57. The van der Waals surface area contributed by atoms with Crippen molar-refractivity contribution in [2.24, 2.45) is 0 Å². The molecule has 0 saturated heterocycles. The van der Waals surface area contributed by atoms with Crippen molar-refractivity contribution in [2.45, 2.75) is 24.5 Å². The van der Waals surface area contributed by atoms with Crippen molar-refractivity contribution >= 4 is 11.8 Å². The molecule has 0 aliphatic heterocycles. The summed E-state index contributed by atoms with van der Waals surface area (Å²) in [5.41, 5.74) is -4.12. The highest BCUT2D eigenvalue weighted by atomic mass is 32.2. The van der Waals surface area contributed by atoms with E-state index in [9.17, 15) is 18.3 Å². The lowest BCUT2D eigenvalue weighted by molar-refractivity contribution is -0.0331. The highest BCUT2D eigenvalue weighted by molar-refractivity contribution is 8.00. The van der Waals surface area contributed by atoms with Gasteiger partial charge in [0.05, 0.1) is 11.4 Å². The predicted octanol–water partition coefficient (Wildman–Crippen LogP) is 2.41. The molecule has 0 atom stereocenters. The van der Waals surface area contributed by atoms with Gasteiger partial charge in [-0.25, -0.2) is 9.97 Å². The van der Waals surface area contributed by atoms with E-state index in [1.165, 1.54) is 13.8 Å². The number of hydrogen-bond donors (Lipinski definition) is 1. The topological polar surface area (TPSA) is 46.0 Å². The fraction of sp³-hybridized carbons (Fsp3) is 0.429. The summed E-state index contributed by atoms with van der Waals surface area (Å²) in [7, 11) is 0. The maximum atomic E-state index is 11.9. The van der Waals surface area contributed by atoms with Crippen LogP contribution in [0.1, 0.15) is 11.4 Å². The van der Waals surface area contributed by atoms with Gasteiger partial charge < -0.3 is 5.11 Å². The minimum Gasteiger partial charge on any atom is -0.504 e. The third-order valence-electron chi connectivity index (χ3n) is 1.42. The number of thioether (sulfide) groups is 1. The standard InChI is InChI=1S/C7H7F3N2OS/c1-3-5(13)4(2)12-6(11-3)14-7(8,9)10/h13H,1-2H3. The van der Waals surface area contributed by atoms with Crippen LogP contribution in [0.15, 0.2) is 5.16 Å². The van der Waals surface area contributed by atoms with Crippen LogP contribution in [0, 0.1) is 13.8 Å². The number of rotatable bonds is 1. The van der Waals surface area contributed by atoms with Crippen LogP contribution in [-0.2, 0) is 0 Å². The second kappa shape index (κ2) is 3.64. The van der Waals surface area contributed by atoms with Gasteiger partial charge in [-0.05, 0) is 13.8 Å². The molecule has 0 saturated carbocycles. The van der Waals surface area contributed by atoms with E-state index in [-0.39, 0.29) is 17.1 Å². The molecule has 1 heterocycles. The van der Waals surface area contributed by atoms with E-state index < -0.39 is 22.4 Å². The minimum atomic E-state index is -4.41. The zero-order valence-electron chi connectivity index (χ0n) is 7.38. The van der Waals surface area contributed by atoms with E-state index >= 15 is 0 Å². The molecule has 78 valence electrons. The zero-order valence-corrected chi connectivity index (χ0v) is 8.20. The largest absolute Gasteiger partial charge is 0.504 e. The zero-order chi connectivity index (χ0) is 10.9. The molecule has 1 rings (SSSR count). The Kier molecular flexibility index (Phi) is 2.89. The van der Waals surface area contributed by atoms with Crippen LogP contribution >= 0.6 is 11.8 Å². The first-order valence-electron chi connectivity index (χ1n) is 3.59. The molecule has 0 aliphatic carbocycles. The first-order valence-corrected chi connectivity index (χ1v) is 4.41. The summed E-state index contributed by atoms with van der Waals surface area (Å²) in [6, 6.07) is 0. The number of aryl methyl sites for hydroxylation is 2. The maximum Gasteiger partial charge on any atom is 0.449 e. The van der Waals surface area contributed by atoms with Crippen LogP contribution in [0.2, 0.25) is 0 Å². The summed E-state index contributed by atoms with van der Waals surface area (Å²) in [4.78, 5) is 7.00. The van der Waals surface area contributed by atoms with Gasteiger partial charge in [-0.2, -0.15) is 13.2 Å². The SMILES string of the molecule is Cc1nc(SC(F)(F)F)nc(C)c1O. The van der Waals surface area contributed by atoms with Gasteiger partial charge in [-0.1, -0.05) is 0 Å². The first-order chi connectivity index (χ1) is 6.29. The molecular weight excluding hydrogens is 217 g/mol. The number of alkyl halides is 3. The number of hydrogen-bond acceptors (Lipinski definition) is 4. The summed E-state index contributed by atoms with van der Waals surface area (Å²) in [6.45, 7) is 2.84. The Morgan fingerprint density at radius 1 is 1.14 bits per heavy atom. The summed E-state index contributed by atoms with van der Waals surface area (Å²) < 4.78 is 35.8. The smallest absolute Gasteiger partial charge is 0.449 e. The van der Waals surface area contributed by atoms with E-state index in [4.69, 9.17) is 0 Å². The van der Waals surface area contributed by atoms with Gasteiger partial charge in [-0.15, -0.1) is 0 Å². The van der Waals surface area contributed by atoms with E-state index in [1.807, 2.05) is 0 Å². The van der Waals surface area contributed by atoms with Gasteiger partial charge in [0, 0.05) is 11.8 Å². The molecule has 14 heavy (non-hydrogen) atoms. The summed E-state index contributed by atoms with van der Waals surface area (Å²) in [5.74, 6) is -0.170. The molecule has 0 unspecified atom stereocenters. The third-order valence-corrected chi connectivity index (χ3v) is 2.02. The van der Waals surface area contributed by atoms with Crippen molar-refractivity contribution in [1.82, 2.24) is 9.97 Å². The summed E-state index contributed by atoms with van der Waals surface area (Å²) >= 11 is -0.396. The number of nitrogens with zero attached hydrogens (tertiary/aromatic N) is 2. The van der Waals surface area contributed by atoms with Gasteiger partial charge in [0.15, 0.2) is 10.9 Å². The molecule has 1 aromatic heterocycles. The molecule has 0 spiro atoms. The summed E-state index contributed by atoms with van der Waals surface area (Å²) in [6.07, 6.45) is 0. The summed E-state index contributed by atoms with van der Waals surface area (Å²) in [5, 5.41) is 8.82. The molecule has 0 aliphatic rings. The quantitative estimate of drug-likeness (QED) is 0.587. The molecule has 1 aromatic rings. The third kappa shape index (κ3) is 2.76. The molecule has 0 aromatic carbocycles. The Hall–Kier alpha value is -0.980. The molecule has 0 fully saturated rings. The molecule has 3 nitrogen and oxygen atoms in total. The normalized spacial score (nSPS) is 11.8. The Bertz CT molecular complexity index is 330. The van der Waals surface area contributed by atoms with Crippen LogP contribution in [-0.4, -0.2) is 20.6 Å². The first kappa shape index (κ1) is 11.1. The van der Waals surface area contributed by atoms with E-state index in [1.54, 1.807) is 0 Å². The number of aromatic nitrogens is 2. The molecule has 0 amide bonds. The number of aromatic hydroxyl groups is 1. The van der Waals surface area contributed by atoms with E-state index in [2.05, 4.69) is 9.97 Å². The van der Waals surface area contributed by atoms with Gasteiger partial charge in [-0.3, -0.25) is 0 Å². The van der Waals surface area contributed by atoms with Crippen molar-refractivity contribution in [3.05, 3.63) is 11.4 Å². The molecule has 0 radical (unpaired) electrons.